The van der Waals surface area contributed by atoms with E-state index < -0.39 is 32.3 Å². The van der Waals surface area contributed by atoms with Gasteiger partial charge in [-0.2, -0.15) is 5.10 Å². The van der Waals surface area contributed by atoms with Crippen molar-refractivity contribution in [1.82, 2.24) is 20.4 Å². The number of likely N-dealkylation sites (N-methyl/N-ethyl adjacent to an activating group) is 1. The van der Waals surface area contributed by atoms with Crippen molar-refractivity contribution in [3.8, 4) is 11.3 Å². The fourth-order valence-electron chi connectivity index (χ4n) is 6.05. The van der Waals surface area contributed by atoms with E-state index in [0.29, 0.717) is 51.9 Å². The molecule has 13 heteroatoms. The molecule has 3 heterocycles. The fraction of sp³-hybridized carbons (Fsp3) is 0.355. The third-order valence-electron chi connectivity index (χ3n) is 8.49. The van der Waals surface area contributed by atoms with E-state index in [0.717, 1.165) is 69.9 Å². The van der Waals surface area contributed by atoms with Crippen LogP contribution in [0.15, 0.2) is 58.3 Å². The highest BCUT2D eigenvalue weighted by Crippen LogP contribution is 2.43. The smallest absolute Gasteiger partial charge is 0.250 e. The molecule has 4 aromatic rings. The van der Waals surface area contributed by atoms with Gasteiger partial charge in [0, 0.05) is 49.9 Å². The van der Waals surface area contributed by atoms with E-state index in [1.165, 1.54) is 12.1 Å². The van der Waals surface area contributed by atoms with Gasteiger partial charge in [0.05, 0.1) is 32.1 Å². The lowest BCUT2D eigenvalue weighted by atomic mass is 9.96. The summed E-state index contributed by atoms with van der Waals surface area (Å²) < 4.78 is 55.0. The maximum Gasteiger partial charge on any atom is 0.250 e. The number of aromatic amines is 1. The number of anilines is 2. The van der Waals surface area contributed by atoms with Crippen molar-refractivity contribution < 1.29 is 22.0 Å². The van der Waals surface area contributed by atoms with Gasteiger partial charge < -0.3 is 26.2 Å². The van der Waals surface area contributed by atoms with Crippen LogP contribution >= 0.6 is 0 Å². The van der Waals surface area contributed by atoms with Crippen molar-refractivity contribution in [1.29, 1.82) is 0 Å². The van der Waals surface area contributed by atoms with E-state index in [-0.39, 0.29) is 4.90 Å². The highest BCUT2D eigenvalue weighted by Gasteiger charge is 2.28. The van der Waals surface area contributed by atoms with Crippen molar-refractivity contribution in [3.63, 3.8) is 0 Å². The molecule has 2 fully saturated rings. The lowest BCUT2D eigenvalue weighted by molar-refractivity contribution is 0.100. The Kier molecular flexibility index (Phi) is 8.27. The summed E-state index contributed by atoms with van der Waals surface area (Å²) in [5.74, 6) is -2.24. The van der Waals surface area contributed by atoms with E-state index in [2.05, 4.69) is 37.7 Å². The maximum absolute atomic E-state index is 14.0. The summed E-state index contributed by atoms with van der Waals surface area (Å²) in [5.41, 5.74) is 9.19. The van der Waals surface area contributed by atoms with Crippen LogP contribution in [0.2, 0.25) is 0 Å². The number of fused-ring (bicyclic) bond motifs is 1. The minimum atomic E-state index is -4.28. The number of benzene rings is 3. The molecular weight excluding hydrogens is 588 g/mol. The number of amides is 1. The van der Waals surface area contributed by atoms with Crippen molar-refractivity contribution >= 4 is 38.0 Å². The Bertz CT molecular complexity index is 1790. The molecule has 2 aliphatic rings. The first-order valence-corrected chi connectivity index (χ1v) is 16.1. The number of sulfone groups is 1. The molecule has 1 atom stereocenters. The third-order valence-corrected chi connectivity index (χ3v) is 10.2. The van der Waals surface area contributed by atoms with Crippen LogP contribution < -0.4 is 21.3 Å². The van der Waals surface area contributed by atoms with Crippen molar-refractivity contribution in [2.24, 2.45) is 11.7 Å². The monoisotopic (exact) mass is 623 g/mol. The summed E-state index contributed by atoms with van der Waals surface area (Å²) in [6.07, 6.45) is 2.09. The Hall–Kier alpha value is -4.07. The molecule has 0 aliphatic carbocycles. The number of nitrogens with zero attached hydrogens (tertiary/aromatic N) is 3. The van der Waals surface area contributed by atoms with Gasteiger partial charge >= 0.3 is 0 Å². The first kappa shape index (κ1) is 30.0. The molecule has 0 saturated carbocycles. The van der Waals surface area contributed by atoms with Crippen LogP contribution in [0.4, 0.5) is 20.2 Å². The second kappa shape index (κ2) is 12.1. The predicted molar refractivity (Wildman–Crippen MR) is 166 cm³/mol. The molecule has 10 nitrogen and oxygen atoms in total. The molecule has 1 aromatic heterocycles. The van der Waals surface area contributed by atoms with Gasteiger partial charge in [-0.25, -0.2) is 17.2 Å². The zero-order valence-electron chi connectivity index (χ0n) is 24.4. The molecule has 2 aliphatic heterocycles. The second-order valence-electron chi connectivity index (χ2n) is 11.5. The van der Waals surface area contributed by atoms with Gasteiger partial charge in [-0.05, 0) is 81.4 Å². The van der Waals surface area contributed by atoms with Gasteiger partial charge in [0.2, 0.25) is 9.84 Å². The van der Waals surface area contributed by atoms with E-state index >= 15 is 0 Å². The Morgan fingerprint density at radius 3 is 2.48 bits per heavy atom. The van der Waals surface area contributed by atoms with Gasteiger partial charge in [-0.3, -0.25) is 9.89 Å². The zero-order chi connectivity index (χ0) is 31.0. The van der Waals surface area contributed by atoms with E-state index in [9.17, 15) is 22.0 Å². The van der Waals surface area contributed by atoms with Gasteiger partial charge in [-0.1, -0.05) is 0 Å². The van der Waals surface area contributed by atoms with Gasteiger partial charge in [0.25, 0.3) is 5.91 Å². The largest absolute Gasteiger partial charge is 0.383 e. The fourth-order valence-corrected chi connectivity index (χ4v) is 7.37. The number of hydrogen-bond acceptors (Lipinski definition) is 8. The van der Waals surface area contributed by atoms with Crippen LogP contribution in [-0.2, 0) is 9.84 Å². The number of aromatic nitrogens is 2. The number of hydrogen-bond donors (Lipinski definition) is 4. The van der Waals surface area contributed by atoms with Crippen LogP contribution in [0.5, 0.6) is 0 Å². The van der Waals surface area contributed by atoms with Crippen LogP contribution in [-0.4, -0.2) is 82.3 Å². The Morgan fingerprint density at radius 2 is 1.80 bits per heavy atom. The number of carbonyl (C=O) groups is 1. The standard InChI is InChI=1S/C31H35F2N7O3S/c1-39-9-11-40(12-10-39)27-7-5-24(31(34)41)29(36-18-19-3-2-8-35-17-19)28(27)30-25-16-22(4-6-26(25)37-38-30)44(42,43)23-14-20(32)13-21(33)15-23/h4-7,13-16,19,35-36H,2-3,8-12,17-18H2,1H3,(H2,34,41)(H,37,38). The molecule has 5 N–H and O–H groups in total. The molecule has 6 rings (SSSR count). The highest BCUT2D eigenvalue weighted by atomic mass is 32.2. The number of piperazine rings is 1. The molecule has 1 amide bonds. The van der Waals surface area contributed by atoms with E-state index in [1.807, 2.05) is 6.07 Å². The molecule has 1 unspecified atom stereocenters. The lowest BCUT2D eigenvalue weighted by Gasteiger charge is -2.36. The summed E-state index contributed by atoms with van der Waals surface area (Å²) in [5, 5.41) is 15.0. The predicted octanol–water partition coefficient (Wildman–Crippen LogP) is 3.60. The van der Waals surface area contributed by atoms with Gasteiger partial charge in [-0.15, -0.1) is 0 Å². The lowest BCUT2D eigenvalue weighted by Crippen LogP contribution is -2.44. The Labute approximate surface area is 254 Å². The van der Waals surface area contributed by atoms with Crippen molar-refractivity contribution in [3.05, 3.63) is 65.7 Å². The number of nitrogens with two attached hydrogens (primary N) is 1. The summed E-state index contributed by atoms with van der Waals surface area (Å²) in [7, 11) is -2.22. The highest BCUT2D eigenvalue weighted by molar-refractivity contribution is 7.91. The number of rotatable bonds is 8. The SMILES string of the molecule is CN1CCN(c2ccc(C(N)=O)c(NCC3CCCNC3)c2-c2n[nH]c3ccc(S(=O)(=O)c4cc(F)cc(F)c4)cc23)CC1. The number of piperidine rings is 1. The maximum atomic E-state index is 14.0. The van der Waals surface area contributed by atoms with E-state index in [4.69, 9.17) is 5.73 Å². The number of primary amides is 1. The molecule has 0 radical (unpaired) electrons. The molecular formula is C31H35F2N7O3S. The first-order valence-electron chi connectivity index (χ1n) is 14.7. The van der Waals surface area contributed by atoms with Crippen LogP contribution in [0.25, 0.3) is 22.2 Å². The first-order chi connectivity index (χ1) is 21.1. The van der Waals surface area contributed by atoms with Crippen LogP contribution in [0.1, 0.15) is 23.2 Å². The van der Waals surface area contributed by atoms with E-state index in [1.54, 1.807) is 12.1 Å². The molecule has 0 spiro atoms. The quantitative estimate of drug-likeness (QED) is 0.234. The Balaban J connectivity index is 1.52. The summed E-state index contributed by atoms with van der Waals surface area (Å²) in [6, 6.07) is 10.2. The zero-order valence-corrected chi connectivity index (χ0v) is 25.2. The minimum absolute atomic E-state index is 0.146. The normalized spacial score (nSPS) is 18.1. The summed E-state index contributed by atoms with van der Waals surface area (Å²) >= 11 is 0. The average Bonchev–Trinajstić information content (AvgIpc) is 3.43. The molecule has 2 saturated heterocycles. The van der Waals surface area contributed by atoms with Crippen molar-refractivity contribution in [2.45, 2.75) is 22.6 Å². The van der Waals surface area contributed by atoms with Crippen molar-refractivity contribution in [2.75, 3.05) is 63.1 Å². The third kappa shape index (κ3) is 5.86. The molecule has 44 heavy (non-hydrogen) atoms. The summed E-state index contributed by atoms with van der Waals surface area (Å²) in [4.78, 5) is 16.6. The topological polar surface area (TPSA) is 136 Å². The van der Waals surface area contributed by atoms with Crippen LogP contribution in [0, 0.1) is 17.6 Å². The van der Waals surface area contributed by atoms with Gasteiger partial charge in [0.1, 0.15) is 17.3 Å². The number of halogens is 2. The van der Waals surface area contributed by atoms with Crippen LogP contribution in [0.3, 0.4) is 0 Å². The Morgan fingerprint density at radius 1 is 1.05 bits per heavy atom. The number of nitrogens with one attached hydrogen (secondary N) is 3. The average molecular weight is 624 g/mol. The van der Waals surface area contributed by atoms with Gasteiger partial charge in [0.15, 0.2) is 0 Å². The second-order valence-corrected chi connectivity index (χ2v) is 13.5. The number of carbonyl (C=O) groups excluding carboxylic acids is 1. The molecule has 232 valence electrons. The molecule has 3 aromatic carbocycles. The number of H-pyrrole nitrogens is 1. The molecule has 0 bridgehead atoms. The minimum Gasteiger partial charge on any atom is -0.383 e. The summed E-state index contributed by atoms with van der Waals surface area (Å²) in [6.45, 7) is 5.55.